The second-order valence-electron chi connectivity index (χ2n) is 6.39. The minimum atomic E-state index is -0.108. The van der Waals surface area contributed by atoms with Crippen LogP contribution in [0.1, 0.15) is 50.7 Å². The predicted molar refractivity (Wildman–Crippen MR) is 84.4 cm³/mol. The van der Waals surface area contributed by atoms with Gasteiger partial charge in [0, 0.05) is 32.5 Å². The maximum atomic E-state index is 12.4. The molecule has 7 heteroatoms. The number of piperidine rings is 1. The first-order valence-corrected chi connectivity index (χ1v) is 8.65. The van der Waals surface area contributed by atoms with Crippen LogP contribution in [0.3, 0.4) is 0 Å². The molecule has 0 spiro atoms. The monoisotopic (exact) mass is 319 g/mol. The molecule has 1 unspecified atom stereocenters. The van der Waals surface area contributed by atoms with Crippen molar-refractivity contribution < 1.29 is 9.59 Å². The Morgan fingerprint density at radius 2 is 2.09 bits per heavy atom. The third kappa shape index (κ3) is 3.54. The Kier molecular flexibility index (Phi) is 4.93. The lowest BCUT2D eigenvalue weighted by Gasteiger charge is -2.31. The highest BCUT2D eigenvalue weighted by molar-refractivity contribution is 5.81. The average Bonchev–Trinajstić information content (AvgIpc) is 3.02. The Morgan fingerprint density at radius 3 is 2.91 bits per heavy atom. The molecule has 2 aliphatic heterocycles. The number of aromatic nitrogens is 3. The minimum absolute atomic E-state index is 0.0202. The summed E-state index contributed by atoms with van der Waals surface area (Å²) in [6.45, 7) is 4.53. The van der Waals surface area contributed by atoms with Crippen LogP contribution < -0.4 is 5.32 Å². The van der Waals surface area contributed by atoms with Crippen LogP contribution in [0.5, 0.6) is 0 Å². The number of nitrogens with zero attached hydrogens (tertiary/aromatic N) is 4. The molecule has 0 saturated carbocycles. The van der Waals surface area contributed by atoms with E-state index in [4.69, 9.17) is 0 Å². The van der Waals surface area contributed by atoms with Crippen molar-refractivity contribution in [2.24, 2.45) is 5.92 Å². The molecule has 0 aromatic carbocycles. The molecule has 7 nitrogen and oxygen atoms in total. The average molecular weight is 319 g/mol. The molecule has 23 heavy (non-hydrogen) atoms. The summed E-state index contributed by atoms with van der Waals surface area (Å²) in [6, 6.07) is 0. The zero-order chi connectivity index (χ0) is 16.2. The van der Waals surface area contributed by atoms with Gasteiger partial charge in [-0.3, -0.25) is 9.59 Å². The molecule has 0 aliphatic carbocycles. The Balaban J connectivity index is 1.55. The van der Waals surface area contributed by atoms with Crippen LogP contribution in [0.4, 0.5) is 0 Å². The Bertz CT molecular complexity index is 583. The van der Waals surface area contributed by atoms with Gasteiger partial charge in [0.15, 0.2) is 5.82 Å². The second-order valence-corrected chi connectivity index (χ2v) is 6.39. The first kappa shape index (κ1) is 16.0. The standard InChI is InChI=1S/C16H25N5O2/c1-2-15(22)20-8-5-6-12(11-20)16(23)17-10-14-19-18-13-7-3-4-9-21(13)14/h12H,2-11H2,1H3,(H,17,23). The molecule has 1 atom stereocenters. The van der Waals surface area contributed by atoms with Crippen molar-refractivity contribution >= 4 is 11.8 Å². The van der Waals surface area contributed by atoms with Crippen molar-refractivity contribution in [3.63, 3.8) is 0 Å². The van der Waals surface area contributed by atoms with Crippen molar-refractivity contribution in [1.29, 1.82) is 0 Å². The number of aryl methyl sites for hydroxylation is 1. The SMILES string of the molecule is CCC(=O)N1CCCC(C(=O)NCc2nnc3n2CCCC3)C1. The summed E-state index contributed by atoms with van der Waals surface area (Å²) < 4.78 is 2.12. The lowest BCUT2D eigenvalue weighted by Crippen LogP contribution is -2.45. The first-order chi connectivity index (χ1) is 11.2. The molecule has 3 rings (SSSR count). The topological polar surface area (TPSA) is 80.1 Å². The molecule has 3 heterocycles. The van der Waals surface area contributed by atoms with Crippen LogP contribution >= 0.6 is 0 Å². The summed E-state index contributed by atoms with van der Waals surface area (Å²) in [5.41, 5.74) is 0. The third-order valence-electron chi connectivity index (χ3n) is 4.80. The lowest BCUT2D eigenvalue weighted by molar-refractivity contribution is -0.135. The summed E-state index contributed by atoms with van der Waals surface area (Å²) in [6.07, 6.45) is 5.51. The van der Waals surface area contributed by atoms with Gasteiger partial charge >= 0.3 is 0 Å². The number of carbonyl (C=O) groups is 2. The van der Waals surface area contributed by atoms with Gasteiger partial charge in [0.05, 0.1) is 12.5 Å². The van der Waals surface area contributed by atoms with E-state index >= 15 is 0 Å². The number of likely N-dealkylation sites (tertiary alicyclic amines) is 1. The van der Waals surface area contributed by atoms with E-state index in [1.54, 1.807) is 0 Å². The van der Waals surface area contributed by atoms with Gasteiger partial charge in [0.2, 0.25) is 11.8 Å². The summed E-state index contributed by atoms with van der Waals surface area (Å²) >= 11 is 0. The van der Waals surface area contributed by atoms with Gasteiger partial charge in [-0.05, 0) is 25.7 Å². The van der Waals surface area contributed by atoms with Gasteiger partial charge in [-0.2, -0.15) is 0 Å². The van der Waals surface area contributed by atoms with E-state index < -0.39 is 0 Å². The van der Waals surface area contributed by atoms with Crippen LogP contribution in [0.2, 0.25) is 0 Å². The van der Waals surface area contributed by atoms with Crippen molar-refractivity contribution in [1.82, 2.24) is 25.0 Å². The molecule has 1 N–H and O–H groups in total. The highest BCUT2D eigenvalue weighted by Crippen LogP contribution is 2.18. The fourth-order valence-corrected chi connectivity index (χ4v) is 3.45. The third-order valence-corrected chi connectivity index (χ3v) is 4.80. The van der Waals surface area contributed by atoms with Gasteiger partial charge in [-0.25, -0.2) is 0 Å². The van der Waals surface area contributed by atoms with Gasteiger partial charge < -0.3 is 14.8 Å². The molecule has 0 radical (unpaired) electrons. The normalized spacial score (nSPS) is 20.9. The Morgan fingerprint density at radius 1 is 1.22 bits per heavy atom. The first-order valence-electron chi connectivity index (χ1n) is 8.65. The van der Waals surface area contributed by atoms with Crippen LogP contribution in [-0.2, 0) is 29.1 Å². The molecule has 1 aromatic rings. The fraction of sp³-hybridized carbons (Fsp3) is 0.750. The van der Waals surface area contributed by atoms with E-state index in [9.17, 15) is 9.59 Å². The van der Waals surface area contributed by atoms with Crippen molar-refractivity contribution in [2.45, 2.75) is 58.5 Å². The van der Waals surface area contributed by atoms with Crippen molar-refractivity contribution in [3.8, 4) is 0 Å². The van der Waals surface area contributed by atoms with Gasteiger partial charge in [-0.1, -0.05) is 6.92 Å². The smallest absolute Gasteiger partial charge is 0.225 e. The van der Waals surface area contributed by atoms with E-state index in [0.29, 0.717) is 19.5 Å². The summed E-state index contributed by atoms with van der Waals surface area (Å²) in [7, 11) is 0. The number of fused-ring (bicyclic) bond motifs is 1. The summed E-state index contributed by atoms with van der Waals surface area (Å²) in [4.78, 5) is 26.0. The number of rotatable bonds is 4. The molecule has 1 aromatic heterocycles. The highest BCUT2D eigenvalue weighted by Gasteiger charge is 2.28. The van der Waals surface area contributed by atoms with E-state index in [0.717, 1.165) is 56.8 Å². The minimum Gasteiger partial charge on any atom is -0.348 e. The Labute approximate surface area is 136 Å². The van der Waals surface area contributed by atoms with Crippen LogP contribution in [0, 0.1) is 5.92 Å². The molecule has 2 amide bonds. The molecule has 1 saturated heterocycles. The summed E-state index contributed by atoms with van der Waals surface area (Å²) in [5.74, 6) is 1.91. The second kappa shape index (κ2) is 7.10. The summed E-state index contributed by atoms with van der Waals surface area (Å²) in [5, 5.41) is 11.4. The molecular weight excluding hydrogens is 294 g/mol. The largest absolute Gasteiger partial charge is 0.348 e. The molecular formula is C16H25N5O2. The quantitative estimate of drug-likeness (QED) is 0.893. The Hall–Kier alpha value is -1.92. The van der Waals surface area contributed by atoms with Gasteiger partial charge in [-0.15, -0.1) is 10.2 Å². The fourth-order valence-electron chi connectivity index (χ4n) is 3.45. The maximum absolute atomic E-state index is 12.4. The number of carbonyl (C=O) groups excluding carboxylic acids is 2. The highest BCUT2D eigenvalue weighted by atomic mass is 16.2. The van der Waals surface area contributed by atoms with Crippen molar-refractivity contribution in [2.75, 3.05) is 13.1 Å². The van der Waals surface area contributed by atoms with E-state index in [2.05, 4.69) is 20.1 Å². The number of hydrogen-bond acceptors (Lipinski definition) is 4. The van der Waals surface area contributed by atoms with Crippen LogP contribution in [0.25, 0.3) is 0 Å². The van der Waals surface area contributed by atoms with Gasteiger partial charge in [0.1, 0.15) is 5.82 Å². The maximum Gasteiger partial charge on any atom is 0.225 e. The van der Waals surface area contributed by atoms with Crippen LogP contribution in [0.15, 0.2) is 0 Å². The predicted octanol–water partition coefficient (Wildman–Crippen LogP) is 0.879. The zero-order valence-corrected chi connectivity index (χ0v) is 13.8. The molecule has 1 fully saturated rings. The van der Waals surface area contributed by atoms with Crippen LogP contribution in [-0.4, -0.2) is 44.6 Å². The zero-order valence-electron chi connectivity index (χ0n) is 13.8. The lowest BCUT2D eigenvalue weighted by atomic mass is 9.97. The van der Waals surface area contributed by atoms with E-state index in [1.165, 1.54) is 0 Å². The molecule has 126 valence electrons. The number of amides is 2. The number of nitrogens with one attached hydrogen (secondary N) is 1. The molecule has 0 bridgehead atoms. The van der Waals surface area contributed by atoms with Crippen molar-refractivity contribution in [3.05, 3.63) is 11.6 Å². The molecule has 2 aliphatic rings. The van der Waals surface area contributed by atoms with E-state index in [1.807, 2.05) is 11.8 Å². The van der Waals surface area contributed by atoms with E-state index in [-0.39, 0.29) is 17.7 Å². The number of hydrogen-bond donors (Lipinski definition) is 1. The van der Waals surface area contributed by atoms with Gasteiger partial charge in [0.25, 0.3) is 0 Å².